The molecule has 1 amide bonds. The number of nitrogens with one attached hydrogen (secondary N) is 1. The van der Waals surface area contributed by atoms with Gasteiger partial charge in [0.25, 0.3) is 0 Å². The zero-order valence-corrected chi connectivity index (χ0v) is 11.3. The Morgan fingerprint density at radius 3 is 2.73 bits per heavy atom. The number of nitrogen functional groups attached to an aromatic ring is 1. The molecule has 0 aliphatic heterocycles. The van der Waals surface area contributed by atoms with Gasteiger partial charge in [0.2, 0.25) is 11.9 Å². The van der Waals surface area contributed by atoms with Crippen LogP contribution in [0.2, 0.25) is 0 Å². The monoisotopic (exact) mass is 316 g/mol. The van der Waals surface area contributed by atoms with Crippen LogP contribution in [0.15, 0.2) is 6.07 Å². The third-order valence-corrected chi connectivity index (χ3v) is 2.49. The Kier molecular flexibility index (Phi) is 4.19. The summed E-state index contributed by atoms with van der Waals surface area (Å²) < 4.78 is 38.9. The first-order chi connectivity index (χ1) is 10.3. The van der Waals surface area contributed by atoms with E-state index in [1.54, 1.807) is 0 Å². The number of nitrogens with two attached hydrogens (primary N) is 1. The van der Waals surface area contributed by atoms with Crippen molar-refractivity contribution in [3.8, 4) is 0 Å². The number of aromatic nitrogens is 6. The number of carbonyl (C=O) groups is 1. The Bertz CT molecular complexity index is 683. The molecule has 22 heavy (non-hydrogen) atoms. The van der Waals surface area contributed by atoms with Crippen molar-refractivity contribution in [1.82, 2.24) is 35.5 Å². The van der Waals surface area contributed by atoms with Crippen LogP contribution in [0.1, 0.15) is 17.2 Å². The second kappa shape index (κ2) is 5.91. The van der Waals surface area contributed by atoms with Crippen LogP contribution >= 0.6 is 0 Å². The van der Waals surface area contributed by atoms with Gasteiger partial charge in [0.05, 0.1) is 6.54 Å². The topological polar surface area (TPSA) is 124 Å². The molecule has 0 saturated carbocycles. The molecule has 118 valence electrons. The molecular weight excluding hydrogens is 305 g/mol. The quantitative estimate of drug-likeness (QED) is 0.792. The molecule has 2 rings (SSSR count). The number of anilines is 1. The van der Waals surface area contributed by atoms with E-state index >= 15 is 0 Å². The summed E-state index contributed by atoms with van der Waals surface area (Å²) in [6, 6.07) is 0.826. The highest BCUT2D eigenvalue weighted by molar-refractivity contribution is 5.75. The van der Waals surface area contributed by atoms with Gasteiger partial charge in [0, 0.05) is 5.69 Å². The molecule has 0 bridgehead atoms. The highest BCUT2D eigenvalue weighted by atomic mass is 19.4. The smallest absolute Gasteiger partial charge is 0.367 e. The van der Waals surface area contributed by atoms with Gasteiger partial charge in [-0.1, -0.05) is 5.10 Å². The molecule has 0 aromatic carbocycles. The molecule has 3 N–H and O–H groups in total. The van der Waals surface area contributed by atoms with E-state index in [0.29, 0.717) is 0 Å². The predicted octanol–water partition coefficient (Wildman–Crippen LogP) is -0.311. The number of halogens is 3. The van der Waals surface area contributed by atoms with Gasteiger partial charge in [-0.05, 0) is 23.4 Å². The highest BCUT2D eigenvalue weighted by Crippen LogP contribution is 2.27. The number of hydrogen-bond acceptors (Lipinski definition) is 7. The van der Waals surface area contributed by atoms with E-state index < -0.39 is 17.8 Å². The Morgan fingerprint density at radius 2 is 2.14 bits per heavy atom. The van der Waals surface area contributed by atoms with Gasteiger partial charge < -0.3 is 11.1 Å². The molecule has 2 aromatic heterocycles. The number of tetrazole rings is 1. The zero-order chi connectivity index (χ0) is 16.3. The van der Waals surface area contributed by atoms with Gasteiger partial charge >= 0.3 is 6.18 Å². The third kappa shape index (κ3) is 3.86. The van der Waals surface area contributed by atoms with Crippen molar-refractivity contribution >= 4 is 11.9 Å². The summed E-state index contributed by atoms with van der Waals surface area (Å²) in [5, 5.41) is 12.5. The van der Waals surface area contributed by atoms with Crippen LogP contribution in [0.4, 0.5) is 19.1 Å². The highest BCUT2D eigenvalue weighted by Gasteiger charge is 2.33. The fourth-order valence-corrected chi connectivity index (χ4v) is 1.55. The lowest BCUT2D eigenvalue weighted by atomic mass is 10.3. The van der Waals surface area contributed by atoms with E-state index in [9.17, 15) is 18.0 Å². The van der Waals surface area contributed by atoms with Crippen LogP contribution in [-0.2, 0) is 24.1 Å². The number of nitrogens with zero attached hydrogens (tertiary/aromatic N) is 6. The maximum Gasteiger partial charge on any atom is 0.433 e. The normalized spacial score (nSPS) is 11.5. The first-order valence-electron chi connectivity index (χ1n) is 5.96. The molecule has 0 atom stereocenters. The van der Waals surface area contributed by atoms with Crippen LogP contribution < -0.4 is 11.1 Å². The van der Waals surface area contributed by atoms with Crippen molar-refractivity contribution in [1.29, 1.82) is 0 Å². The molecule has 0 unspecified atom stereocenters. The molecular formula is C10H11F3N8O. The Hall–Kier alpha value is -2.79. The summed E-state index contributed by atoms with van der Waals surface area (Å²) in [4.78, 5) is 18.8. The van der Waals surface area contributed by atoms with E-state index in [2.05, 4.69) is 30.8 Å². The number of aryl methyl sites for hydroxylation is 1. The molecule has 0 aliphatic carbocycles. The minimum absolute atomic E-state index is 0.0543. The molecule has 2 aromatic rings. The predicted molar refractivity (Wildman–Crippen MR) is 65.8 cm³/mol. The van der Waals surface area contributed by atoms with Crippen molar-refractivity contribution in [2.75, 3.05) is 5.73 Å². The fraction of sp³-hybridized carbons (Fsp3) is 0.400. The summed E-state index contributed by atoms with van der Waals surface area (Å²) >= 11 is 0. The lowest BCUT2D eigenvalue weighted by molar-refractivity contribution is -0.141. The van der Waals surface area contributed by atoms with Gasteiger partial charge in [-0.25, -0.2) is 14.6 Å². The van der Waals surface area contributed by atoms with Gasteiger partial charge in [-0.3, -0.25) is 4.79 Å². The largest absolute Gasteiger partial charge is 0.433 e. The van der Waals surface area contributed by atoms with Gasteiger partial charge in [-0.2, -0.15) is 13.2 Å². The van der Waals surface area contributed by atoms with Crippen molar-refractivity contribution in [3.63, 3.8) is 0 Å². The van der Waals surface area contributed by atoms with Crippen molar-refractivity contribution in [2.45, 2.75) is 26.2 Å². The minimum atomic E-state index is -4.58. The van der Waals surface area contributed by atoms with Crippen molar-refractivity contribution in [3.05, 3.63) is 23.3 Å². The summed E-state index contributed by atoms with van der Waals surface area (Å²) in [6.07, 6.45) is -4.58. The van der Waals surface area contributed by atoms with E-state index in [0.717, 1.165) is 10.7 Å². The van der Waals surface area contributed by atoms with Gasteiger partial charge in [0.1, 0.15) is 18.1 Å². The molecule has 0 radical (unpaired) electrons. The van der Waals surface area contributed by atoms with Crippen LogP contribution in [0, 0.1) is 6.92 Å². The average Bonchev–Trinajstić information content (AvgIpc) is 2.80. The average molecular weight is 316 g/mol. The molecule has 2 heterocycles. The van der Waals surface area contributed by atoms with E-state index in [1.165, 1.54) is 6.92 Å². The Morgan fingerprint density at radius 1 is 1.41 bits per heavy atom. The standard InChI is InChI=1S/C10H11F3N8O/c1-5-2-6(10(11,12)13)17-7(16-5)3-15-8(22)4-21-9(14)18-19-20-21/h2H,3-4H2,1H3,(H,15,22)(H2,14,18,20). The van der Waals surface area contributed by atoms with E-state index in [-0.39, 0.29) is 30.6 Å². The maximum absolute atomic E-state index is 12.6. The molecule has 0 spiro atoms. The molecule has 9 nitrogen and oxygen atoms in total. The van der Waals surface area contributed by atoms with Crippen LogP contribution in [0.25, 0.3) is 0 Å². The lowest BCUT2D eigenvalue weighted by Crippen LogP contribution is -2.29. The molecule has 0 saturated heterocycles. The van der Waals surface area contributed by atoms with Crippen LogP contribution in [-0.4, -0.2) is 36.1 Å². The maximum atomic E-state index is 12.6. The van der Waals surface area contributed by atoms with Crippen molar-refractivity contribution in [2.24, 2.45) is 0 Å². The van der Waals surface area contributed by atoms with Crippen LogP contribution in [0.3, 0.4) is 0 Å². The summed E-state index contributed by atoms with van der Waals surface area (Å²) in [5.74, 6) is -0.746. The fourth-order valence-electron chi connectivity index (χ4n) is 1.55. The van der Waals surface area contributed by atoms with Gasteiger partial charge in [0.15, 0.2) is 0 Å². The zero-order valence-electron chi connectivity index (χ0n) is 11.3. The lowest BCUT2D eigenvalue weighted by Gasteiger charge is -2.09. The van der Waals surface area contributed by atoms with E-state index in [4.69, 9.17) is 5.73 Å². The summed E-state index contributed by atoms with van der Waals surface area (Å²) in [6.45, 7) is 0.881. The Labute approximate surface area is 121 Å². The van der Waals surface area contributed by atoms with Crippen LogP contribution in [0.5, 0.6) is 0 Å². The van der Waals surface area contributed by atoms with E-state index in [1.807, 2.05) is 0 Å². The van der Waals surface area contributed by atoms with Crippen molar-refractivity contribution < 1.29 is 18.0 Å². The van der Waals surface area contributed by atoms with Gasteiger partial charge in [-0.15, -0.1) is 0 Å². The first kappa shape index (κ1) is 15.6. The number of rotatable bonds is 4. The summed E-state index contributed by atoms with van der Waals surface area (Å²) in [5.41, 5.74) is 4.47. The number of carbonyl (C=O) groups excluding carboxylic acids is 1. The number of alkyl halides is 3. The third-order valence-electron chi connectivity index (χ3n) is 2.49. The Balaban J connectivity index is 2.01. The molecule has 12 heteroatoms. The SMILES string of the molecule is Cc1cc(C(F)(F)F)nc(CNC(=O)Cn2nnnc2N)n1. The molecule has 0 aliphatic rings. The molecule has 0 fully saturated rings. The first-order valence-corrected chi connectivity index (χ1v) is 5.96. The second-order valence-corrected chi connectivity index (χ2v) is 4.28. The second-order valence-electron chi connectivity index (χ2n) is 4.28. The summed E-state index contributed by atoms with van der Waals surface area (Å²) in [7, 11) is 0. The minimum Gasteiger partial charge on any atom is -0.367 e. The number of hydrogen-bond donors (Lipinski definition) is 2. The number of amides is 1.